The van der Waals surface area contributed by atoms with E-state index in [4.69, 9.17) is 4.74 Å². The summed E-state index contributed by atoms with van der Waals surface area (Å²) in [5, 5.41) is 4.19. The van der Waals surface area contributed by atoms with Crippen LogP contribution in [0.3, 0.4) is 0 Å². The number of para-hydroxylation sites is 1. The zero-order valence-corrected chi connectivity index (χ0v) is 14.5. The summed E-state index contributed by atoms with van der Waals surface area (Å²) >= 11 is 1.67. The zero-order valence-electron chi connectivity index (χ0n) is 13.7. The van der Waals surface area contributed by atoms with E-state index >= 15 is 0 Å². The lowest BCUT2D eigenvalue weighted by Gasteiger charge is -2.24. The number of nitrogens with zero attached hydrogens (tertiary/aromatic N) is 2. The van der Waals surface area contributed by atoms with Gasteiger partial charge in [-0.05, 0) is 53.4 Å². The van der Waals surface area contributed by atoms with E-state index in [0.717, 1.165) is 25.1 Å². The molecular formula is C20H18N2O2S. The van der Waals surface area contributed by atoms with Crippen molar-refractivity contribution in [1.29, 1.82) is 0 Å². The fraction of sp³-hybridized carbons (Fsp3) is 0.200. The number of amides is 1. The van der Waals surface area contributed by atoms with Gasteiger partial charge in [0.2, 0.25) is 5.88 Å². The Labute approximate surface area is 150 Å². The summed E-state index contributed by atoms with van der Waals surface area (Å²) < 4.78 is 5.68. The van der Waals surface area contributed by atoms with Crippen LogP contribution in [-0.4, -0.2) is 22.3 Å². The summed E-state index contributed by atoms with van der Waals surface area (Å²) in [5.41, 5.74) is 1.83. The third-order valence-corrected chi connectivity index (χ3v) is 5.09. The topological polar surface area (TPSA) is 42.4 Å². The molecule has 0 spiro atoms. The summed E-state index contributed by atoms with van der Waals surface area (Å²) in [6, 6.07) is 15.3. The standard InChI is InChI=1S/C20H18N2O2S/c23-20(22-11-4-7-18(22)16-10-12-25-14-16)15-8-9-19(21-13-15)24-17-5-2-1-3-6-17/h1-3,5-6,8-10,12-14,18H,4,7,11H2/t18-/m0/s1. The second-order valence-corrected chi connectivity index (χ2v) is 6.79. The minimum Gasteiger partial charge on any atom is -0.439 e. The summed E-state index contributed by atoms with van der Waals surface area (Å²) in [4.78, 5) is 19.1. The highest BCUT2D eigenvalue weighted by molar-refractivity contribution is 7.08. The number of carbonyl (C=O) groups is 1. The molecule has 2 aromatic heterocycles. The summed E-state index contributed by atoms with van der Waals surface area (Å²) in [6.07, 6.45) is 3.66. The predicted octanol–water partition coefficient (Wildman–Crippen LogP) is 4.91. The molecule has 0 bridgehead atoms. The van der Waals surface area contributed by atoms with Crippen LogP contribution in [-0.2, 0) is 0 Å². The van der Waals surface area contributed by atoms with E-state index in [1.54, 1.807) is 29.7 Å². The normalized spacial score (nSPS) is 16.8. The molecule has 1 atom stereocenters. The molecule has 0 saturated carbocycles. The van der Waals surface area contributed by atoms with Crippen molar-refractivity contribution in [3.05, 3.63) is 76.6 Å². The molecule has 1 aromatic carbocycles. The average molecular weight is 350 g/mol. The average Bonchev–Trinajstić information content (AvgIpc) is 3.34. The molecule has 4 nitrogen and oxygen atoms in total. The van der Waals surface area contributed by atoms with Gasteiger partial charge in [0.05, 0.1) is 11.6 Å². The predicted molar refractivity (Wildman–Crippen MR) is 98.1 cm³/mol. The highest BCUT2D eigenvalue weighted by Crippen LogP contribution is 2.34. The maximum absolute atomic E-state index is 12.9. The van der Waals surface area contributed by atoms with Crippen LogP contribution < -0.4 is 4.74 Å². The van der Waals surface area contributed by atoms with Crippen LogP contribution in [0.25, 0.3) is 0 Å². The van der Waals surface area contributed by atoms with Crippen LogP contribution >= 0.6 is 11.3 Å². The van der Waals surface area contributed by atoms with Crippen LogP contribution in [0.15, 0.2) is 65.5 Å². The van der Waals surface area contributed by atoms with Crippen LogP contribution in [0.1, 0.15) is 34.8 Å². The molecule has 3 heterocycles. The number of pyridine rings is 1. The van der Waals surface area contributed by atoms with E-state index in [9.17, 15) is 4.79 Å². The monoisotopic (exact) mass is 350 g/mol. The van der Waals surface area contributed by atoms with Crippen molar-refractivity contribution in [2.75, 3.05) is 6.54 Å². The van der Waals surface area contributed by atoms with Crippen molar-refractivity contribution < 1.29 is 9.53 Å². The van der Waals surface area contributed by atoms with Gasteiger partial charge >= 0.3 is 0 Å². The van der Waals surface area contributed by atoms with Crippen LogP contribution in [0.5, 0.6) is 11.6 Å². The van der Waals surface area contributed by atoms with Gasteiger partial charge in [-0.3, -0.25) is 4.79 Å². The Morgan fingerprint density at radius 1 is 1.16 bits per heavy atom. The number of thiophene rings is 1. The highest BCUT2D eigenvalue weighted by atomic mass is 32.1. The molecule has 1 aliphatic rings. The molecule has 3 aromatic rings. The molecule has 1 amide bonds. The maximum Gasteiger partial charge on any atom is 0.255 e. The fourth-order valence-electron chi connectivity index (χ4n) is 3.16. The lowest BCUT2D eigenvalue weighted by molar-refractivity contribution is 0.0735. The number of hydrogen-bond donors (Lipinski definition) is 0. The van der Waals surface area contributed by atoms with Crippen LogP contribution in [0.2, 0.25) is 0 Å². The van der Waals surface area contributed by atoms with E-state index in [0.29, 0.717) is 11.4 Å². The van der Waals surface area contributed by atoms with E-state index < -0.39 is 0 Å². The smallest absolute Gasteiger partial charge is 0.255 e. The fourth-order valence-corrected chi connectivity index (χ4v) is 3.87. The molecule has 0 unspecified atom stereocenters. The zero-order chi connectivity index (χ0) is 17.1. The van der Waals surface area contributed by atoms with Gasteiger partial charge in [-0.15, -0.1) is 0 Å². The number of carbonyl (C=O) groups excluding carboxylic acids is 1. The summed E-state index contributed by atoms with van der Waals surface area (Å²) in [7, 11) is 0. The SMILES string of the molecule is O=C(c1ccc(Oc2ccccc2)nc1)N1CCC[C@H]1c1ccsc1. The summed E-state index contributed by atoms with van der Waals surface area (Å²) in [5.74, 6) is 1.25. The van der Waals surface area contributed by atoms with Gasteiger partial charge in [0.15, 0.2) is 0 Å². The molecule has 0 radical (unpaired) electrons. The minimum atomic E-state index is 0.0347. The van der Waals surface area contributed by atoms with Gasteiger partial charge in [-0.25, -0.2) is 4.98 Å². The third-order valence-electron chi connectivity index (χ3n) is 4.39. The van der Waals surface area contributed by atoms with E-state index in [1.807, 2.05) is 35.2 Å². The van der Waals surface area contributed by atoms with Gasteiger partial charge in [0, 0.05) is 18.8 Å². The minimum absolute atomic E-state index is 0.0347. The number of benzene rings is 1. The van der Waals surface area contributed by atoms with Crippen LogP contribution in [0, 0.1) is 0 Å². The quantitative estimate of drug-likeness (QED) is 0.671. The van der Waals surface area contributed by atoms with Gasteiger partial charge in [-0.2, -0.15) is 11.3 Å². The maximum atomic E-state index is 12.9. The molecule has 0 aliphatic carbocycles. The largest absolute Gasteiger partial charge is 0.439 e. The molecule has 1 saturated heterocycles. The van der Waals surface area contributed by atoms with Gasteiger partial charge in [0.25, 0.3) is 5.91 Å². The first-order chi connectivity index (χ1) is 12.3. The van der Waals surface area contributed by atoms with E-state index in [1.165, 1.54) is 5.56 Å². The Bertz CT molecular complexity index is 832. The van der Waals surface area contributed by atoms with Crippen LogP contribution in [0.4, 0.5) is 0 Å². The second kappa shape index (κ2) is 7.07. The lowest BCUT2D eigenvalue weighted by atomic mass is 10.1. The highest BCUT2D eigenvalue weighted by Gasteiger charge is 2.30. The van der Waals surface area contributed by atoms with Crippen molar-refractivity contribution in [2.24, 2.45) is 0 Å². The first-order valence-corrected chi connectivity index (χ1v) is 9.27. The molecular weight excluding hydrogens is 332 g/mol. The Morgan fingerprint density at radius 2 is 2.04 bits per heavy atom. The molecule has 126 valence electrons. The number of rotatable bonds is 4. The summed E-state index contributed by atoms with van der Waals surface area (Å²) in [6.45, 7) is 0.793. The van der Waals surface area contributed by atoms with Gasteiger partial charge in [-0.1, -0.05) is 18.2 Å². The van der Waals surface area contributed by atoms with Crippen molar-refractivity contribution in [2.45, 2.75) is 18.9 Å². The van der Waals surface area contributed by atoms with Gasteiger partial charge in [0.1, 0.15) is 5.75 Å². The Balaban J connectivity index is 1.49. The molecule has 4 rings (SSSR count). The van der Waals surface area contributed by atoms with Crippen molar-refractivity contribution >= 4 is 17.2 Å². The first kappa shape index (κ1) is 15.8. The molecule has 5 heteroatoms. The molecule has 1 aliphatic heterocycles. The number of hydrogen-bond acceptors (Lipinski definition) is 4. The Morgan fingerprint density at radius 3 is 2.76 bits per heavy atom. The van der Waals surface area contributed by atoms with Crippen molar-refractivity contribution in [3.63, 3.8) is 0 Å². The first-order valence-electron chi connectivity index (χ1n) is 8.33. The number of aromatic nitrogens is 1. The number of ether oxygens (including phenoxy) is 1. The lowest BCUT2D eigenvalue weighted by Crippen LogP contribution is -2.30. The Hall–Kier alpha value is -2.66. The van der Waals surface area contributed by atoms with Crippen molar-refractivity contribution in [1.82, 2.24) is 9.88 Å². The van der Waals surface area contributed by atoms with E-state index in [-0.39, 0.29) is 11.9 Å². The second-order valence-electron chi connectivity index (χ2n) is 6.01. The van der Waals surface area contributed by atoms with Gasteiger partial charge < -0.3 is 9.64 Å². The third kappa shape index (κ3) is 3.42. The number of likely N-dealkylation sites (tertiary alicyclic amines) is 1. The molecule has 1 fully saturated rings. The Kier molecular flexibility index (Phi) is 4.48. The van der Waals surface area contributed by atoms with Crippen molar-refractivity contribution in [3.8, 4) is 11.6 Å². The molecule has 25 heavy (non-hydrogen) atoms. The molecule has 0 N–H and O–H groups in total. The van der Waals surface area contributed by atoms with E-state index in [2.05, 4.69) is 21.8 Å².